The molecule has 9 heterocycles. The van der Waals surface area contributed by atoms with Gasteiger partial charge in [-0.05, 0) is 97.9 Å². The molecule has 0 unspecified atom stereocenters. The van der Waals surface area contributed by atoms with Crippen LogP contribution in [-0.4, -0.2) is 84.3 Å². The molecule has 0 bridgehead atoms. The highest BCUT2D eigenvalue weighted by Gasteiger charge is 2.28. The molecule has 16 aromatic rings. The number of amides is 1. The summed E-state index contributed by atoms with van der Waals surface area (Å²) in [6.45, 7) is 1.87. The van der Waals surface area contributed by atoms with E-state index < -0.39 is 31.7 Å². The molecule has 24 heteroatoms. The molecular weight excluding hydrogens is 1320 g/mol. The fourth-order valence-electron chi connectivity index (χ4n) is 11.2. The second-order valence-electron chi connectivity index (χ2n) is 22.6. The first-order chi connectivity index (χ1) is 48.6. The van der Waals surface area contributed by atoms with Gasteiger partial charge < -0.3 is 27.6 Å². The molecule has 0 saturated carbocycles. The van der Waals surface area contributed by atoms with Crippen LogP contribution in [0, 0.1) is 18.6 Å². The first-order valence-corrected chi connectivity index (χ1v) is 33.6. The summed E-state index contributed by atoms with van der Waals surface area (Å²) in [7, 11) is -4.45. The van der Waals surface area contributed by atoms with E-state index in [0.29, 0.717) is 61.9 Å². The van der Waals surface area contributed by atoms with E-state index in [4.69, 9.17) is 22.7 Å². The number of halogens is 2. The van der Waals surface area contributed by atoms with Gasteiger partial charge in [0.05, 0.1) is 33.4 Å². The van der Waals surface area contributed by atoms with E-state index in [-0.39, 0.29) is 38.6 Å². The zero-order valence-corrected chi connectivity index (χ0v) is 54.7. The first-order valence-electron chi connectivity index (χ1n) is 30.7. The third-order valence-corrected chi connectivity index (χ3v) is 19.3. The molecule has 494 valence electrons. The van der Waals surface area contributed by atoms with Gasteiger partial charge in [-0.2, -0.15) is 0 Å². The molecule has 0 aliphatic carbocycles. The molecule has 16 rings (SSSR count). The van der Waals surface area contributed by atoms with Crippen LogP contribution in [0.2, 0.25) is 0 Å². The molecule has 20 nitrogen and oxygen atoms in total. The summed E-state index contributed by atoms with van der Waals surface area (Å²) in [6.07, 6.45) is 16.5. The van der Waals surface area contributed by atoms with Crippen LogP contribution in [0.15, 0.2) is 298 Å². The lowest BCUT2D eigenvalue weighted by Crippen LogP contribution is -2.26. The van der Waals surface area contributed by atoms with Crippen molar-refractivity contribution in [1.82, 2.24) is 47.3 Å². The van der Waals surface area contributed by atoms with Gasteiger partial charge >= 0.3 is 6.03 Å². The predicted octanol–water partition coefficient (Wildman–Crippen LogP) is 17.2. The number of carbonyl (C=O) groups excluding carboxylic acids is 1. The number of fused-ring (bicyclic) bond motifs is 3. The first kappa shape index (κ1) is 64.4. The Hall–Kier alpha value is -12.9. The number of benzene rings is 7. The van der Waals surface area contributed by atoms with Crippen molar-refractivity contribution in [2.75, 3.05) is 14.1 Å². The number of rotatable bonds is 14. The van der Waals surface area contributed by atoms with Crippen molar-refractivity contribution in [3.63, 3.8) is 0 Å². The predicted molar refractivity (Wildman–Crippen MR) is 372 cm³/mol. The highest BCUT2D eigenvalue weighted by molar-refractivity contribution is 7.90. The highest BCUT2D eigenvalue weighted by Crippen LogP contribution is 2.41. The number of para-hydroxylation sites is 4. The lowest BCUT2D eigenvalue weighted by atomic mass is 10.0. The minimum atomic E-state index is -3.97. The summed E-state index contributed by atoms with van der Waals surface area (Å²) in [4.78, 5) is 40.5. The quantitative estimate of drug-likeness (QED) is 0.0983. The summed E-state index contributed by atoms with van der Waals surface area (Å²) in [5, 5.41) is 1.79. The fraction of sp³-hybridized carbons (Fsp3) is 0.0395. The molecule has 9 aromatic heterocycles. The summed E-state index contributed by atoms with van der Waals surface area (Å²) in [5.41, 5.74) is 7.22. The van der Waals surface area contributed by atoms with E-state index in [9.17, 15) is 30.4 Å². The van der Waals surface area contributed by atoms with Crippen LogP contribution in [-0.2, 0) is 20.0 Å². The van der Waals surface area contributed by atoms with Crippen LogP contribution in [0.3, 0.4) is 0 Å². The zero-order valence-electron chi connectivity index (χ0n) is 53.1. The molecular formula is C76H54F2N10O10S2. The summed E-state index contributed by atoms with van der Waals surface area (Å²) in [5.74, 6) is 2.61. The second-order valence-corrected chi connectivity index (χ2v) is 26.2. The topological polar surface area (TPSA) is 239 Å². The number of oxazole rings is 3. The van der Waals surface area contributed by atoms with Gasteiger partial charge in [0.15, 0.2) is 35.6 Å². The van der Waals surface area contributed by atoms with Crippen LogP contribution >= 0.6 is 0 Å². The maximum atomic E-state index is 14.3. The van der Waals surface area contributed by atoms with E-state index in [1.807, 2.05) is 128 Å². The zero-order chi connectivity index (χ0) is 69.1. The van der Waals surface area contributed by atoms with Gasteiger partial charge in [0.2, 0.25) is 5.89 Å². The standard InChI is InChI=1S/C28H19N3O4S.C26H22N4O3.C22H13F2N3O3S/c32-36(33,22-11-5-2-6-12-22)31-18-25(27-17-29-19-34-27)24-15-20(16-30-28(24)31)23-13-7-8-14-26(23)35-21-9-3-1-4-10-21;1-17-24(32-16-28-17)22-15-30(26(31)29(2)3)25-21(22)13-18(14-27-25)20-11-7-8-12-23(20)33-19-9-5-4-6-10-19;23-15-6-7-17(20(24)11-15)14-10-18-19(22-25-8-9-30-22)13-27(21(18)26-12-14)31(28,29)16-4-2-1-3-5-16/h1-19H;4-16H,1-3H3;1-13H. The lowest BCUT2D eigenvalue weighted by molar-refractivity contribution is 0.220. The maximum Gasteiger partial charge on any atom is 0.329 e. The molecule has 0 radical (unpaired) electrons. The summed E-state index contributed by atoms with van der Waals surface area (Å²) in [6, 6.07) is 59.3. The van der Waals surface area contributed by atoms with Crippen molar-refractivity contribution in [3.8, 4) is 90.5 Å². The number of aromatic nitrogens is 9. The average molecular weight is 1370 g/mol. The Morgan fingerprint density at radius 3 is 1.45 bits per heavy atom. The van der Waals surface area contributed by atoms with Crippen LogP contribution in [0.25, 0.3) is 101 Å². The highest BCUT2D eigenvalue weighted by atomic mass is 32.2. The van der Waals surface area contributed by atoms with Crippen LogP contribution in [0.4, 0.5) is 13.6 Å². The number of hydrogen-bond donors (Lipinski definition) is 0. The number of ether oxygens (including phenoxy) is 2. The minimum absolute atomic E-state index is 0.0845. The van der Waals surface area contributed by atoms with Crippen LogP contribution in [0.1, 0.15) is 5.69 Å². The van der Waals surface area contributed by atoms with Crippen LogP contribution in [0.5, 0.6) is 23.0 Å². The Morgan fingerprint density at radius 1 is 0.470 bits per heavy atom. The SMILES string of the molecule is Cc1ncoc1-c1cn(C(=O)N(C)C)c2ncc(-c3ccccc3Oc3ccccc3)cc12.O=S(=O)(c1ccccc1)n1cc(-c2cnco2)c2cc(-c3ccccc3Oc3ccccc3)cnc21.O=S(=O)(c1ccccc1)n1cc(-c2ncco2)c2cc(-c3ccc(F)cc3F)cnc21. The van der Waals surface area contributed by atoms with E-state index in [0.717, 1.165) is 60.8 Å². The Kier molecular flexibility index (Phi) is 17.6. The van der Waals surface area contributed by atoms with Crippen molar-refractivity contribution < 1.29 is 53.1 Å². The molecule has 0 fully saturated rings. The Balaban J connectivity index is 0.000000128. The van der Waals surface area contributed by atoms with Crippen molar-refractivity contribution in [3.05, 3.63) is 292 Å². The average Bonchev–Trinajstić information content (AvgIpc) is 1.59. The largest absolute Gasteiger partial charge is 0.457 e. The molecule has 7 aromatic carbocycles. The maximum absolute atomic E-state index is 14.3. The van der Waals surface area contributed by atoms with Gasteiger partial charge in [0.25, 0.3) is 20.0 Å². The minimum Gasteiger partial charge on any atom is -0.457 e. The number of nitrogens with zero attached hydrogens (tertiary/aromatic N) is 10. The van der Waals surface area contributed by atoms with Gasteiger partial charge in [0.1, 0.15) is 46.5 Å². The third-order valence-electron chi connectivity index (χ3n) is 16.0. The molecule has 0 saturated heterocycles. The van der Waals surface area contributed by atoms with Gasteiger partial charge in [0, 0.05) is 118 Å². The number of carbonyl (C=O) groups is 1. The monoisotopic (exact) mass is 1370 g/mol. The second kappa shape index (κ2) is 27.3. The Morgan fingerprint density at radius 2 is 0.960 bits per heavy atom. The molecule has 100 heavy (non-hydrogen) atoms. The smallest absolute Gasteiger partial charge is 0.329 e. The van der Waals surface area contributed by atoms with Gasteiger partial charge in [-0.3, -0.25) is 4.57 Å². The summed E-state index contributed by atoms with van der Waals surface area (Å²) >= 11 is 0. The Bertz CT molecular complexity index is 5870. The normalized spacial score (nSPS) is 11.4. The molecule has 0 atom stereocenters. The van der Waals surface area contributed by atoms with Crippen molar-refractivity contribution >= 4 is 59.2 Å². The molecule has 0 N–H and O–H groups in total. The number of aryl methyl sites for hydroxylation is 1. The van der Waals surface area contributed by atoms with Crippen molar-refractivity contribution in [2.24, 2.45) is 0 Å². The van der Waals surface area contributed by atoms with E-state index >= 15 is 0 Å². The molecule has 0 aliphatic rings. The Labute approximate surface area is 570 Å². The number of hydrogen-bond acceptors (Lipinski definition) is 16. The van der Waals surface area contributed by atoms with Crippen molar-refractivity contribution in [1.29, 1.82) is 0 Å². The summed E-state index contributed by atoms with van der Waals surface area (Å²) < 4.78 is 114. The lowest BCUT2D eigenvalue weighted by Gasteiger charge is -2.12. The third kappa shape index (κ3) is 12.8. The van der Waals surface area contributed by atoms with Gasteiger partial charge in [-0.1, -0.05) is 109 Å². The van der Waals surface area contributed by atoms with Crippen molar-refractivity contribution in [2.45, 2.75) is 16.7 Å². The van der Waals surface area contributed by atoms with Gasteiger partial charge in [-0.15, -0.1) is 0 Å². The van der Waals surface area contributed by atoms with E-state index in [1.165, 1.54) is 75.5 Å². The van der Waals surface area contributed by atoms with E-state index in [1.54, 1.807) is 93.5 Å². The molecule has 0 spiro atoms. The van der Waals surface area contributed by atoms with Gasteiger partial charge in [-0.25, -0.2) is 68.3 Å². The van der Waals surface area contributed by atoms with Crippen LogP contribution < -0.4 is 9.47 Å². The molecule has 0 aliphatic heterocycles. The van der Waals surface area contributed by atoms with E-state index in [2.05, 4.69) is 29.9 Å². The fourth-order valence-corrected chi connectivity index (χ4v) is 13.9. The molecule has 1 amide bonds. The number of pyridine rings is 3.